The van der Waals surface area contributed by atoms with Crippen molar-refractivity contribution < 1.29 is 9.13 Å². The lowest BCUT2D eigenvalue weighted by atomic mass is 10.1. The Kier molecular flexibility index (Phi) is 3.32. The summed E-state index contributed by atoms with van der Waals surface area (Å²) in [4.78, 5) is 10.5. The van der Waals surface area contributed by atoms with E-state index in [1.807, 2.05) is 0 Å². The van der Waals surface area contributed by atoms with Gasteiger partial charge in [-0.25, -0.2) is 8.93 Å². The van der Waals surface area contributed by atoms with Gasteiger partial charge in [0.05, 0.1) is 9.83 Å². The fraction of sp³-hybridized carbons (Fsp3) is 0.429. The van der Waals surface area contributed by atoms with Crippen molar-refractivity contribution in [2.24, 2.45) is 0 Å². The van der Waals surface area contributed by atoms with Crippen molar-refractivity contribution in [2.45, 2.75) is 12.8 Å². The quantitative estimate of drug-likeness (QED) is 0.541. The van der Waals surface area contributed by atoms with Crippen LogP contribution < -0.4 is 4.72 Å². The molecule has 13 heavy (non-hydrogen) atoms. The molecular weight excluding hydrogens is 192 g/mol. The minimum absolute atomic E-state index is 0.126. The van der Waals surface area contributed by atoms with Crippen molar-refractivity contribution in [3.63, 3.8) is 0 Å². The van der Waals surface area contributed by atoms with Crippen molar-refractivity contribution in [2.75, 3.05) is 7.05 Å². The van der Waals surface area contributed by atoms with Crippen LogP contribution in [0.25, 0.3) is 0 Å². The second-order valence-electron chi connectivity index (χ2n) is 2.51. The molecule has 0 saturated carbocycles. The standard InChI is InChI=1S/C7H10N2O3S/c1-8-13(12)7-4-2-3-6(5-7)9(10)11/h4-5,8H,2-3H2,1H3. The molecule has 0 aromatic carbocycles. The molecule has 1 atom stereocenters. The number of allylic oxidation sites excluding steroid dienone is 3. The van der Waals surface area contributed by atoms with Gasteiger partial charge in [0.25, 0.3) is 0 Å². The topological polar surface area (TPSA) is 72.2 Å². The molecule has 0 aromatic rings. The first-order valence-corrected chi connectivity index (χ1v) is 4.94. The Morgan fingerprint density at radius 1 is 1.69 bits per heavy atom. The van der Waals surface area contributed by atoms with Crippen LogP contribution in [0.2, 0.25) is 0 Å². The smallest absolute Gasteiger partial charge is 0.247 e. The van der Waals surface area contributed by atoms with E-state index in [1.165, 1.54) is 6.08 Å². The van der Waals surface area contributed by atoms with Crippen LogP contribution in [0.15, 0.2) is 22.8 Å². The van der Waals surface area contributed by atoms with E-state index < -0.39 is 15.9 Å². The minimum Gasteiger partial charge on any atom is -0.259 e. The molecule has 1 unspecified atom stereocenters. The first kappa shape index (κ1) is 10.1. The van der Waals surface area contributed by atoms with Gasteiger partial charge in [0, 0.05) is 12.5 Å². The van der Waals surface area contributed by atoms with Gasteiger partial charge in [-0.2, -0.15) is 0 Å². The highest BCUT2D eigenvalue weighted by atomic mass is 32.2. The second kappa shape index (κ2) is 4.29. The monoisotopic (exact) mass is 202 g/mol. The van der Waals surface area contributed by atoms with E-state index >= 15 is 0 Å². The van der Waals surface area contributed by atoms with Gasteiger partial charge in [0.1, 0.15) is 11.0 Å². The van der Waals surface area contributed by atoms with E-state index in [9.17, 15) is 14.3 Å². The summed E-state index contributed by atoms with van der Waals surface area (Å²) < 4.78 is 13.7. The fourth-order valence-corrected chi connectivity index (χ4v) is 1.80. The first-order valence-electron chi connectivity index (χ1n) is 3.79. The zero-order valence-corrected chi connectivity index (χ0v) is 7.97. The van der Waals surface area contributed by atoms with Crippen LogP contribution >= 0.6 is 0 Å². The van der Waals surface area contributed by atoms with Gasteiger partial charge in [0.2, 0.25) is 5.70 Å². The normalized spacial score (nSPS) is 18.8. The minimum atomic E-state index is -1.32. The summed E-state index contributed by atoms with van der Waals surface area (Å²) in [7, 11) is 0.226. The molecule has 0 heterocycles. The molecule has 0 bridgehead atoms. The summed E-state index contributed by atoms with van der Waals surface area (Å²) in [5.74, 6) is 0. The molecule has 0 aliphatic heterocycles. The highest BCUT2D eigenvalue weighted by molar-refractivity contribution is 7.87. The van der Waals surface area contributed by atoms with Crippen molar-refractivity contribution in [3.05, 3.63) is 32.9 Å². The van der Waals surface area contributed by atoms with E-state index in [4.69, 9.17) is 0 Å². The molecule has 1 aliphatic carbocycles. The van der Waals surface area contributed by atoms with Gasteiger partial charge >= 0.3 is 0 Å². The molecule has 1 N–H and O–H groups in total. The van der Waals surface area contributed by atoms with Gasteiger partial charge in [-0.05, 0) is 13.5 Å². The summed E-state index contributed by atoms with van der Waals surface area (Å²) in [6.07, 6.45) is 4.11. The molecule has 0 saturated heterocycles. The number of hydrogen-bond acceptors (Lipinski definition) is 3. The fourth-order valence-electron chi connectivity index (χ4n) is 1.05. The zero-order chi connectivity index (χ0) is 9.84. The average Bonchev–Trinajstić information content (AvgIpc) is 2.17. The maximum absolute atomic E-state index is 11.2. The predicted molar refractivity (Wildman–Crippen MR) is 49.6 cm³/mol. The molecule has 72 valence electrons. The summed E-state index contributed by atoms with van der Waals surface area (Å²) in [6, 6.07) is 0. The Bertz CT molecular complexity index is 309. The molecule has 6 heteroatoms. The van der Waals surface area contributed by atoms with Crippen LogP contribution in [0.3, 0.4) is 0 Å². The van der Waals surface area contributed by atoms with Gasteiger partial charge in [0.15, 0.2) is 0 Å². The predicted octanol–water partition coefficient (Wildman–Crippen LogP) is 0.708. The van der Waals surface area contributed by atoms with E-state index in [2.05, 4.69) is 4.72 Å². The van der Waals surface area contributed by atoms with Crippen molar-refractivity contribution >= 4 is 11.0 Å². The number of rotatable bonds is 3. The molecular formula is C7H10N2O3S. The summed E-state index contributed by atoms with van der Waals surface area (Å²) in [5, 5.41) is 10.4. The van der Waals surface area contributed by atoms with Gasteiger partial charge in [-0.15, -0.1) is 0 Å². The van der Waals surface area contributed by atoms with Crippen LogP contribution in [0.1, 0.15) is 12.8 Å². The van der Waals surface area contributed by atoms with Crippen LogP contribution in [-0.2, 0) is 11.0 Å². The average molecular weight is 202 g/mol. The van der Waals surface area contributed by atoms with Crippen LogP contribution in [0.5, 0.6) is 0 Å². The third-order valence-electron chi connectivity index (χ3n) is 1.69. The van der Waals surface area contributed by atoms with Gasteiger partial charge in [-0.3, -0.25) is 10.1 Å². The largest absolute Gasteiger partial charge is 0.259 e. The van der Waals surface area contributed by atoms with Crippen molar-refractivity contribution in [1.82, 2.24) is 4.72 Å². The lowest BCUT2D eigenvalue weighted by Crippen LogP contribution is -2.14. The van der Waals surface area contributed by atoms with Crippen molar-refractivity contribution in [3.8, 4) is 0 Å². The number of nitro groups is 1. The van der Waals surface area contributed by atoms with Crippen LogP contribution in [-0.4, -0.2) is 16.2 Å². The first-order chi connectivity index (χ1) is 6.15. The van der Waals surface area contributed by atoms with Crippen LogP contribution in [0.4, 0.5) is 0 Å². The van der Waals surface area contributed by atoms with Crippen LogP contribution in [0, 0.1) is 10.1 Å². The number of nitrogens with one attached hydrogen (secondary N) is 1. The number of hydrogen-bond donors (Lipinski definition) is 1. The lowest BCUT2D eigenvalue weighted by Gasteiger charge is -2.06. The molecule has 1 aliphatic rings. The summed E-state index contributed by atoms with van der Waals surface area (Å²) >= 11 is 0. The highest BCUT2D eigenvalue weighted by Crippen LogP contribution is 2.18. The maximum Gasteiger partial charge on any atom is 0.247 e. The Morgan fingerprint density at radius 2 is 2.38 bits per heavy atom. The molecule has 0 spiro atoms. The Labute approximate surface area is 78.3 Å². The molecule has 0 amide bonds. The molecule has 0 radical (unpaired) electrons. The Balaban J connectivity index is 2.84. The Hall–Kier alpha value is -1.01. The third-order valence-corrected chi connectivity index (χ3v) is 2.77. The SMILES string of the molecule is CNS(=O)C1=CCCC([N+](=O)[O-])=C1. The van der Waals surface area contributed by atoms with E-state index in [0.717, 1.165) is 0 Å². The molecule has 0 fully saturated rings. The van der Waals surface area contributed by atoms with Gasteiger partial charge < -0.3 is 0 Å². The van der Waals surface area contributed by atoms with Gasteiger partial charge in [-0.1, -0.05) is 6.08 Å². The van der Waals surface area contributed by atoms with E-state index in [1.54, 1.807) is 13.1 Å². The second-order valence-corrected chi connectivity index (χ2v) is 3.93. The molecule has 5 nitrogen and oxygen atoms in total. The van der Waals surface area contributed by atoms with E-state index in [-0.39, 0.29) is 5.70 Å². The van der Waals surface area contributed by atoms with Crippen molar-refractivity contribution in [1.29, 1.82) is 0 Å². The Morgan fingerprint density at radius 3 is 2.92 bits per heavy atom. The van der Waals surface area contributed by atoms with E-state index in [0.29, 0.717) is 17.7 Å². The molecule has 1 rings (SSSR count). The highest BCUT2D eigenvalue weighted by Gasteiger charge is 2.17. The summed E-state index contributed by atoms with van der Waals surface area (Å²) in [5.41, 5.74) is 0.126. The third kappa shape index (κ3) is 2.46. The molecule has 0 aromatic heterocycles. The summed E-state index contributed by atoms with van der Waals surface area (Å²) in [6.45, 7) is 0. The number of nitrogens with zero attached hydrogens (tertiary/aromatic N) is 1. The lowest BCUT2D eigenvalue weighted by molar-refractivity contribution is -0.428. The zero-order valence-electron chi connectivity index (χ0n) is 7.15. The maximum atomic E-state index is 11.2.